The molecule has 20 heavy (non-hydrogen) atoms. The Balaban J connectivity index is 1.58. The van der Waals surface area contributed by atoms with Crippen molar-refractivity contribution >= 4 is 0 Å². The van der Waals surface area contributed by atoms with Crippen LogP contribution in [-0.4, -0.2) is 23.1 Å². The number of likely N-dealkylation sites (tertiary alicyclic amines) is 1. The fourth-order valence-electron chi connectivity index (χ4n) is 3.05. The number of aryl methyl sites for hydroxylation is 2. The number of hydrogen-bond donors (Lipinski definition) is 0. The zero-order valence-electron chi connectivity index (χ0n) is 12.0. The van der Waals surface area contributed by atoms with E-state index >= 15 is 0 Å². The van der Waals surface area contributed by atoms with E-state index in [1.54, 1.807) is 6.26 Å². The Morgan fingerprint density at radius 1 is 1.40 bits per heavy atom. The zero-order valence-corrected chi connectivity index (χ0v) is 12.0. The van der Waals surface area contributed by atoms with Crippen molar-refractivity contribution in [1.29, 1.82) is 0 Å². The Bertz CT molecular complexity index is 518. The Morgan fingerprint density at radius 2 is 2.35 bits per heavy atom. The van der Waals surface area contributed by atoms with Crippen LogP contribution in [0, 0.1) is 6.92 Å². The molecule has 108 valence electrons. The number of rotatable bonds is 5. The van der Waals surface area contributed by atoms with Crippen LogP contribution in [0.15, 0.2) is 33.4 Å². The van der Waals surface area contributed by atoms with E-state index in [1.165, 1.54) is 19.3 Å². The first-order valence-corrected chi connectivity index (χ1v) is 7.52. The molecule has 0 N–H and O–H groups in total. The molecular formula is C16H22N2O2. The van der Waals surface area contributed by atoms with Gasteiger partial charge in [-0.15, -0.1) is 0 Å². The molecule has 0 bridgehead atoms. The second-order valence-corrected chi connectivity index (χ2v) is 5.59. The van der Waals surface area contributed by atoms with Crippen molar-refractivity contribution in [3.63, 3.8) is 0 Å². The predicted octanol–water partition coefficient (Wildman–Crippen LogP) is 3.74. The minimum absolute atomic E-state index is 0.429. The van der Waals surface area contributed by atoms with Crippen molar-refractivity contribution in [3.8, 4) is 0 Å². The Kier molecular flexibility index (Phi) is 4.21. The van der Waals surface area contributed by atoms with E-state index in [1.807, 2.05) is 13.0 Å². The molecule has 0 saturated carbocycles. The molecule has 1 fully saturated rings. The first-order chi connectivity index (χ1) is 9.83. The lowest BCUT2D eigenvalue weighted by Crippen LogP contribution is -2.34. The number of furan rings is 1. The van der Waals surface area contributed by atoms with E-state index in [4.69, 9.17) is 8.94 Å². The number of nitrogens with zero attached hydrogens (tertiary/aromatic N) is 2. The maximum Gasteiger partial charge on any atom is 0.133 e. The standard InChI is InChI=1S/C16H22N2O2/c1-13-12-15(17-20-13)16-8-2-3-9-18(16)10-4-6-14-7-5-11-19-14/h5,7,11-12,16H,2-4,6,8-10H2,1H3. The van der Waals surface area contributed by atoms with Gasteiger partial charge in [-0.25, -0.2) is 0 Å². The summed E-state index contributed by atoms with van der Waals surface area (Å²) in [5, 5.41) is 4.21. The molecule has 2 aromatic heterocycles. The maximum absolute atomic E-state index is 5.39. The van der Waals surface area contributed by atoms with Crippen LogP contribution >= 0.6 is 0 Å². The van der Waals surface area contributed by atoms with Crippen LogP contribution in [-0.2, 0) is 6.42 Å². The average molecular weight is 274 g/mol. The molecule has 4 nitrogen and oxygen atoms in total. The minimum atomic E-state index is 0.429. The van der Waals surface area contributed by atoms with Gasteiger partial charge in [-0.3, -0.25) is 4.90 Å². The predicted molar refractivity (Wildman–Crippen MR) is 76.4 cm³/mol. The quantitative estimate of drug-likeness (QED) is 0.833. The summed E-state index contributed by atoms with van der Waals surface area (Å²) in [5.74, 6) is 1.98. The first-order valence-electron chi connectivity index (χ1n) is 7.52. The molecule has 1 unspecified atom stereocenters. The highest BCUT2D eigenvalue weighted by atomic mass is 16.5. The van der Waals surface area contributed by atoms with Crippen molar-refractivity contribution in [2.45, 2.75) is 45.1 Å². The summed E-state index contributed by atoms with van der Waals surface area (Å²) in [5.41, 5.74) is 1.10. The third-order valence-corrected chi connectivity index (χ3v) is 4.05. The summed E-state index contributed by atoms with van der Waals surface area (Å²) >= 11 is 0. The van der Waals surface area contributed by atoms with E-state index in [0.717, 1.165) is 43.1 Å². The Hall–Kier alpha value is -1.55. The zero-order chi connectivity index (χ0) is 13.8. The van der Waals surface area contributed by atoms with Gasteiger partial charge < -0.3 is 8.94 Å². The van der Waals surface area contributed by atoms with Crippen LogP contribution < -0.4 is 0 Å². The molecule has 0 amide bonds. The molecule has 1 saturated heterocycles. The van der Waals surface area contributed by atoms with Gasteiger partial charge in [0.2, 0.25) is 0 Å². The highest BCUT2D eigenvalue weighted by Crippen LogP contribution is 2.30. The highest BCUT2D eigenvalue weighted by Gasteiger charge is 2.25. The SMILES string of the molecule is Cc1cc(C2CCCCN2CCCc2ccco2)no1. The summed E-state index contributed by atoms with van der Waals surface area (Å²) in [6, 6.07) is 6.51. The molecule has 3 heterocycles. The van der Waals surface area contributed by atoms with Crippen molar-refractivity contribution in [2.75, 3.05) is 13.1 Å². The van der Waals surface area contributed by atoms with Crippen molar-refractivity contribution in [3.05, 3.63) is 41.7 Å². The average Bonchev–Trinajstić information content (AvgIpc) is 3.11. The highest BCUT2D eigenvalue weighted by molar-refractivity contribution is 5.10. The van der Waals surface area contributed by atoms with E-state index < -0.39 is 0 Å². The molecule has 1 atom stereocenters. The smallest absolute Gasteiger partial charge is 0.133 e. The maximum atomic E-state index is 5.39. The largest absolute Gasteiger partial charge is 0.469 e. The fourth-order valence-corrected chi connectivity index (χ4v) is 3.05. The van der Waals surface area contributed by atoms with Crippen LogP contribution in [0.4, 0.5) is 0 Å². The molecule has 0 aromatic carbocycles. The van der Waals surface area contributed by atoms with Crippen molar-refractivity contribution in [2.24, 2.45) is 0 Å². The summed E-state index contributed by atoms with van der Waals surface area (Å²) in [4.78, 5) is 2.55. The van der Waals surface area contributed by atoms with E-state index in [9.17, 15) is 0 Å². The summed E-state index contributed by atoms with van der Waals surface area (Å²) in [7, 11) is 0. The molecule has 4 heteroatoms. The van der Waals surface area contributed by atoms with Crippen molar-refractivity contribution < 1.29 is 8.94 Å². The molecular weight excluding hydrogens is 252 g/mol. The van der Waals surface area contributed by atoms with E-state index in [0.29, 0.717) is 6.04 Å². The molecule has 0 radical (unpaired) electrons. The molecule has 1 aliphatic rings. The second-order valence-electron chi connectivity index (χ2n) is 5.59. The van der Waals surface area contributed by atoms with Gasteiger partial charge in [-0.2, -0.15) is 0 Å². The van der Waals surface area contributed by atoms with E-state index in [2.05, 4.69) is 22.2 Å². The lowest BCUT2D eigenvalue weighted by molar-refractivity contribution is 0.140. The molecule has 0 aliphatic carbocycles. The van der Waals surface area contributed by atoms with E-state index in [-0.39, 0.29) is 0 Å². The van der Waals surface area contributed by atoms with Crippen LogP contribution in [0.2, 0.25) is 0 Å². The van der Waals surface area contributed by atoms with Crippen LogP contribution in [0.3, 0.4) is 0 Å². The van der Waals surface area contributed by atoms with Gasteiger partial charge in [-0.05, 0) is 51.4 Å². The Labute approximate surface area is 119 Å². The summed E-state index contributed by atoms with van der Waals surface area (Å²) in [6.07, 6.45) is 7.64. The van der Waals surface area contributed by atoms with Gasteiger partial charge in [0.1, 0.15) is 17.2 Å². The van der Waals surface area contributed by atoms with Crippen LogP contribution in [0.25, 0.3) is 0 Å². The van der Waals surface area contributed by atoms with Crippen molar-refractivity contribution in [1.82, 2.24) is 10.1 Å². The monoisotopic (exact) mass is 274 g/mol. The third-order valence-electron chi connectivity index (χ3n) is 4.05. The number of aromatic nitrogens is 1. The molecule has 1 aliphatic heterocycles. The number of hydrogen-bond acceptors (Lipinski definition) is 4. The lowest BCUT2D eigenvalue weighted by Gasteiger charge is -2.34. The van der Waals surface area contributed by atoms with Gasteiger partial charge in [0.15, 0.2) is 0 Å². The lowest BCUT2D eigenvalue weighted by atomic mass is 9.98. The molecule has 0 spiro atoms. The molecule has 2 aromatic rings. The van der Waals surface area contributed by atoms with Crippen LogP contribution in [0.1, 0.15) is 48.9 Å². The first kappa shape index (κ1) is 13.4. The number of piperidine rings is 1. The van der Waals surface area contributed by atoms with Gasteiger partial charge in [0.05, 0.1) is 12.3 Å². The Morgan fingerprint density at radius 3 is 3.10 bits per heavy atom. The summed E-state index contributed by atoms with van der Waals surface area (Å²) in [6.45, 7) is 4.21. The van der Waals surface area contributed by atoms with Crippen LogP contribution in [0.5, 0.6) is 0 Å². The molecule has 3 rings (SSSR count). The third kappa shape index (κ3) is 3.12. The van der Waals surface area contributed by atoms with Gasteiger partial charge >= 0.3 is 0 Å². The minimum Gasteiger partial charge on any atom is -0.469 e. The normalized spacial score (nSPS) is 20.4. The fraction of sp³-hybridized carbons (Fsp3) is 0.562. The van der Waals surface area contributed by atoms with Gasteiger partial charge in [0, 0.05) is 12.5 Å². The topological polar surface area (TPSA) is 42.4 Å². The second kappa shape index (κ2) is 6.27. The van der Waals surface area contributed by atoms with Gasteiger partial charge in [0.25, 0.3) is 0 Å². The summed E-state index contributed by atoms with van der Waals surface area (Å²) < 4.78 is 10.6. The van der Waals surface area contributed by atoms with Gasteiger partial charge in [-0.1, -0.05) is 11.6 Å².